The highest BCUT2D eigenvalue weighted by molar-refractivity contribution is 7.91. The van der Waals surface area contributed by atoms with Crippen molar-refractivity contribution in [2.24, 2.45) is 0 Å². The maximum Gasteiger partial charge on any atom is 0.251 e. The molecular formula is C18H28N2O3S. The predicted molar refractivity (Wildman–Crippen MR) is 96.0 cm³/mol. The molecule has 6 heteroatoms. The summed E-state index contributed by atoms with van der Waals surface area (Å²) in [4.78, 5) is 12.4. The molecule has 0 saturated heterocycles. The molecular weight excluding hydrogens is 324 g/mol. The molecule has 0 unspecified atom stereocenters. The van der Waals surface area contributed by atoms with Gasteiger partial charge in [0.05, 0.1) is 10.6 Å². The second kappa shape index (κ2) is 9.18. The molecule has 0 aliphatic heterocycles. The van der Waals surface area contributed by atoms with Crippen molar-refractivity contribution in [3.05, 3.63) is 29.8 Å². The van der Waals surface area contributed by atoms with Gasteiger partial charge in [-0.15, -0.1) is 0 Å². The summed E-state index contributed by atoms with van der Waals surface area (Å²) in [5.41, 5.74) is 0.486. The third-order valence-corrected chi connectivity index (χ3v) is 6.30. The number of benzene rings is 1. The Morgan fingerprint density at radius 2 is 1.67 bits per heavy atom. The Hall–Kier alpha value is -1.40. The number of hydrogen-bond acceptors (Lipinski definition) is 4. The first kappa shape index (κ1) is 18.9. The van der Waals surface area contributed by atoms with Crippen LogP contribution in [0.1, 0.15) is 55.8 Å². The molecule has 0 bridgehead atoms. The molecule has 1 saturated carbocycles. The maximum absolute atomic E-state index is 12.1. The molecule has 1 aliphatic carbocycles. The van der Waals surface area contributed by atoms with E-state index >= 15 is 0 Å². The van der Waals surface area contributed by atoms with Crippen LogP contribution in [0, 0.1) is 0 Å². The lowest BCUT2D eigenvalue weighted by Crippen LogP contribution is -2.36. The van der Waals surface area contributed by atoms with Crippen molar-refractivity contribution < 1.29 is 13.2 Å². The fourth-order valence-electron chi connectivity index (χ4n) is 3.02. The van der Waals surface area contributed by atoms with Gasteiger partial charge in [0.25, 0.3) is 5.91 Å². The van der Waals surface area contributed by atoms with Crippen LogP contribution in [0.5, 0.6) is 0 Å². The van der Waals surface area contributed by atoms with E-state index < -0.39 is 9.84 Å². The fraction of sp³-hybridized carbons (Fsp3) is 0.611. The second-order valence-corrected chi connectivity index (χ2v) is 8.60. The number of amides is 1. The first-order chi connectivity index (χ1) is 11.5. The van der Waals surface area contributed by atoms with Crippen LogP contribution >= 0.6 is 0 Å². The van der Waals surface area contributed by atoms with Gasteiger partial charge in [-0.3, -0.25) is 4.79 Å². The Morgan fingerprint density at radius 3 is 2.25 bits per heavy atom. The molecule has 1 aromatic rings. The average Bonchev–Trinajstić information content (AvgIpc) is 2.87. The first-order valence-electron chi connectivity index (χ1n) is 8.87. The van der Waals surface area contributed by atoms with Gasteiger partial charge in [-0.25, -0.2) is 8.42 Å². The lowest BCUT2D eigenvalue weighted by Gasteiger charge is -2.16. The van der Waals surface area contributed by atoms with Gasteiger partial charge in [-0.05, 0) is 37.1 Å². The Labute approximate surface area is 145 Å². The third kappa shape index (κ3) is 5.60. The second-order valence-electron chi connectivity index (χ2n) is 6.33. The molecule has 2 N–H and O–H groups in total. The summed E-state index contributed by atoms with van der Waals surface area (Å²) in [6.07, 6.45) is 7.69. The van der Waals surface area contributed by atoms with Crippen LogP contribution in [0.15, 0.2) is 29.2 Å². The Morgan fingerprint density at radius 1 is 1.04 bits per heavy atom. The van der Waals surface area contributed by atoms with Crippen molar-refractivity contribution in [1.29, 1.82) is 0 Å². The maximum atomic E-state index is 12.1. The summed E-state index contributed by atoms with van der Waals surface area (Å²) in [6.45, 7) is 2.94. The molecule has 2 rings (SSSR count). The number of hydrogen-bond donors (Lipinski definition) is 2. The van der Waals surface area contributed by atoms with Gasteiger partial charge in [-0.2, -0.15) is 0 Å². The van der Waals surface area contributed by atoms with E-state index in [0.717, 1.165) is 6.54 Å². The molecule has 0 spiro atoms. The van der Waals surface area contributed by atoms with Gasteiger partial charge >= 0.3 is 0 Å². The van der Waals surface area contributed by atoms with Crippen molar-refractivity contribution in [3.63, 3.8) is 0 Å². The van der Waals surface area contributed by atoms with Gasteiger partial charge in [0.2, 0.25) is 0 Å². The van der Waals surface area contributed by atoms with E-state index in [1.54, 1.807) is 19.1 Å². The van der Waals surface area contributed by atoms with Gasteiger partial charge in [-0.1, -0.05) is 32.6 Å². The molecule has 0 radical (unpaired) electrons. The van der Waals surface area contributed by atoms with Gasteiger partial charge < -0.3 is 10.6 Å². The standard InChI is InChI=1S/C18H28N2O3S/c1-2-24(22,23)17-11-9-15(10-12-17)18(21)20-14-13-19-16-7-5-3-4-6-8-16/h9-12,16,19H,2-8,13-14H2,1H3,(H,20,21). The first-order valence-corrected chi connectivity index (χ1v) is 10.5. The van der Waals surface area contributed by atoms with Crippen LogP contribution in [0.4, 0.5) is 0 Å². The lowest BCUT2D eigenvalue weighted by molar-refractivity contribution is 0.0953. The van der Waals surface area contributed by atoms with Gasteiger partial charge in [0.15, 0.2) is 9.84 Å². The number of sulfone groups is 1. The van der Waals surface area contributed by atoms with Crippen molar-refractivity contribution in [2.75, 3.05) is 18.8 Å². The highest BCUT2D eigenvalue weighted by Gasteiger charge is 2.13. The molecule has 24 heavy (non-hydrogen) atoms. The van der Waals surface area contributed by atoms with Gasteiger partial charge in [0, 0.05) is 24.7 Å². The molecule has 0 heterocycles. The highest BCUT2D eigenvalue weighted by Crippen LogP contribution is 2.17. The zero-order valence-electron chi connectivity index (χ0n) is 14.4. The monoisotopic (exact) mass is 352 g/mol. The van der Waals surface area contributed by atoms with Crippen LogP contribution in [-0.4, -0.2) is 39.2 Å². The quantitative estimate of drug-likeness (QED) is 0.584. The number of rotatable bonds is 7. The zero-order chi connectivity index (χ0) is 17.4. The summed E-state index contributed by atoms with van der Waals surface area (Å²) < 4.78 is 23.5. The Kier molecular flexibility index (Phi) is 7.24. The Bertz CT molecular complexity index is 618. The van der Waals surface area contributed by atoms with Crippen LogP contribution in [0.25, 0.3) is 0 Å². The minimum atomic E-state index is -3.22. The van der Waals surface area contributed by atoms with Crippen LogP contribution < -0.4 is 10.6 Å². The highest BCUT2D eigenvalue weighted by atomic mass is 32.2. The fourth-order valence-corrected chi connectivity index (χ4v) is 3.90. The summed E-state index contributed by atoms with van der Waals surface area (Å²) in [7, 11) is -3.22. The van der Waals surface area contributed by atoms with Crippen LogP contribution in [-0.2, 0) is 9.84 Å². The van der Waals surface area contributed by atoms with E-state index in [4.69, 9.17) is 0 Å². The van der Waals surface area contributed by atoms with E-state index in [9.17, 15) is 13.2 Å². The van der Waals surface area contributed by atoms with E-state index in [1.807, 2.05) is 0 Å². The lowest BCUT2D eigenvalue weighted by atomic mass is 10.1. The summed E-state index contributed by atoms with van der Waals surface area (Å²) >= 11 is 0. The Balaban J connectivity index is 1.76. The molecule has 1 aliphatic rings. The molecule has 134 valence electrons. The van der Waals surface area contributed by atoms with E-state index in [1.165, 1.54) is 50.7 Å². The molecule has 1 amide bonds. The normalized spacial score (nSPS) is 16.5. The van der Waals surface area contributed by atoms with E-state index in [2.05, 4.69) is 10.6 Å². The van der Waals surface area contributed by atoms with Crippen molar-refractivity contribution in [1.82, 2.24) is 10.6 Å². The summed E-state index contributed by atoms with van der Waals surface area (Å²) in [5.74, 6) is -0.108. The smallest absolute Gasteiger partial charge is 0.251 e. The largest absolute Gasteiger partial charge is 0.351 e. The van der Waals surface area contributed by atoms with E-state index in [0.29, 0.717) is 18.2 Å². The van der Waals surface area contributed by atoms with Crippen molar-refractivity contribution in [3.8, 4) is 0 Å². The topological polar surface area (TPSA) is 75.3 Å². The number of carbonyl (C=O) groups excluding carboxylic acids is 1. The minimum absolute atomic E-state index is 0.0609. The third-order valence-electron chi connectivity index (χ3n) is 4.55. The summed E-state index contributed by atoms with van der Waals surface area (Å²) in [5, 5.41) is 6.39. The van der Waals surface area contributed by atoms with Crippen LogP contribution in [0.2, 0.25) is 0 Å². The minimum Gasteiger partial charge on any atom is -0.351 e. The summed E-state index contributed by atoms with van der Waals surface area (Å²) in [6, 6.07) is 6.70. The van der Waals surface area contributed by atoms with Crippen LogP contribution in [0.3, 0.4) is 0 Å². The van der Waals surface area contributed by atoms with Crippen molar-refractivity contribution >= 4 is 15.7 Å². The molecule has 5 nitrogen and oxygen atoms in total. The molecule has 0 aromatic heterocycles. The predicted octanol–water partition coefficient (Wildman–Crippen LogP) is 2.52. The molecule has 1 aromatic carbocycles. The molecule has 1 fully saturated rings. The van der Waals surface area contributed by atoms with E-state index in [-0.39, 0.29) is 16.6 Å². The SMILES string of the molecule is CCS(=O)(=O)c1ccc(C(=O)NCCNC2CCCCCC2)cc1. The number of carbonyl (C=O) groups is 1. The van der Waals surface area contributed by atoms with Crippen molar-refractivity contribution in [2.45, 2.75) is 56.4 Å². The molecule has 0 atom stereocenters. The average molecular weight is 353 g/mol. The van der Waals surface area contributed by atoms with Gasteiger partial charge in [0.1, 0.15) is 0 Å². The zero-order valence-corrected chi connectivity index (χ0v) is 15.2. The number of nitrogens with one attached hydrogen (secondary N) is 2.